The number of hydrogen-bond acceptors (Lipinski definition) is 2. The van der Waals surface area contributed by atoms with Crippen LogP contribution in [0.4, 0.5) is 0 Å². The first-order chi connectivity index (χ1) is 8.08. The normalized spacial score (nSPS) is 20.1. The first kappa shape index (κ1) is 15.6. The van der Waals surface area contributed by atoms with Gasteiger partial charge in [-0.3, -0.25) is 0 Å². The number of likely N-dealkylation sites (N-methyl/N-ethyl adjacent to an activating group) is 1. The number of benzene rings is 1. The van der Waals surface area contributed by atoms with E-state index in [0.717, 1.165) is 18.4 Å². The summed E-state index contributed by atoms with van der Waals surface area (Å²) in [5.41, 5.74) is 3.68. The van der Waals surface area contributed by atoms with Gasteiger partial charge in [-0.1, -0.05) is 18.2 Å². The van der Waals surface area contributed by atoms with Gasteiger partial charge in [-0.25, -0.2) is 4.21 Å². The third-order valence-corrected chi connectivity index (χ3v) is 4.12. The molecule has 0 radical (unpaired) electrons. The van der Waals surface area contributed by atoms with Gasteiger partial charge in [0.05, 0.1) is 5.75 Å². The van der Waals surface area contributed by atoms with Crippen molar-refractivity contribution in [3.8, 4) is 0 Å². The summed E-state index contributed by atoms with van der Waals surface area (Å²) in [6, 6.07) is 6.67. The molecular formula is C13H20ClNO2S. The molecule has 1 N–H and O–H groups in total. The third-order valence-electron chi connectivity index (χ3n) is 3.57. The van der Waals surface area contributed by atoms with Gasteiger partial charge in [0, 0.05) is 6.04 Å². The van der Waals surface area contributed by atoms with Crippen LogP contribution >= 0.6 is 12.4 Å². The predicted octanol–water partition coefficient (Wildman–Crippen LogP) is 2.25. The Morgan fingerprint density at radius 3 is 2.78 bits per heavy atom. The quantitative estimate of drug-likeness (QED) is 0.868. The van der Waals surface area contributed by atoms with E-state index >= 15 is 0 Å². The first-order valence-corrected chi connectivity index (χ1v) is 7.19. The fourth-order valence-electron chi connectivity index (χ4n) is 2.55. The molecule has 0 saturated carbocycles. The minimum Gasteiger partial charge on any atom is -0.306 e. The van der Waals surface area contributed by atoms with Crippen LogP contribution < -0.4 is 0 Å². The van der Waals surface area contributed by atoms with E-state index < -0.39 is 11.1 Å². The molecular weight excluding hydrogens is 270 g/mol. The molecule has 0 amide bonds. The number of nitrogens with zero attached hydrogens (tertiary/aromatic N) is 1. The second-order valence-corrected chi connectivity index (χ2v) is 5.81. The minimum absolute atomic E-state index is 0. The zero-order valence-electron chi connectivity index (χ0n) is 10.8. The summed E-state index contributed by atoms with van der Waals surface area (Å²) in [7, 11) is 4.20. The van der Waals surface area contributed by atoms with Crippen molar-refractivity contribution < 1.29 is 8.76 Å². The molecule has 0 heterocycles. The van der Waals surface area contributed by atoms with Crippen LogP contribution in [-0.4, -0.2) is 33.8 Å². The Morgan fingerprint density at radius 2 is 2.17 bits per heavy atom. The van der Waals surface area contributed by atoms with Crippen LogP contribution in [0.3, 0.4) is 0 Å². The molecule has 0 aromatic heterocycles. The summed E-state index contributed by atoms with van der Waals surface area (Å²) in [4.78, 5) is 2.25. The molecule has 1 aromatic rings. The van der Waals surface area contributed by atoms with Gasteiger partial charge in [0.15, 0.2) is 11.1 Å². The Hall–Kier alpha value is -0.420. The molecule has 1 aromatic carbocycles. The number of hydrogen-bond donors (Lipinski definition) is 1. The summed E-state index contributed by atoms with van der Waals surface area (Å²) >= 11 is -1.75. The zero-order chi connectivity index (χ0) is 12.4. The average Bonchev–Trinajstić information content (AvgIpc) is 2.28. The van der Waals surface area contributed by atoms with Gasteiger partial charge in [0.25, 0.3) is 0 Å². The lowest BCUT2D eigenvalue weighted by Crippen LogP contribution is -2.34. The first-order valence-electron chi connectivity index (χ1n) is 5.91. The van der Waals surface area contributed by atoms with Crippen LogP contribution in [0.25, 0.3) is 0 Å². The van der Waals surface area contributed by atoms with Crippen molar-refractivity contribution in [2.75, 3.05) is 14.1 Å². The van der Waals surface area contributed by atoms with Crippen LogP contribution in [0.5, 0.6) is 0 Å². The highest BCUT2D eigenvalue weighted by Gasteiger charge is 2.22. The van der Waals surface area contributed by atoms with Gasteiger partial charge < -0.3 is 9.45 Å². The molecule has 102 valence electrons. The molecule has 2 atom stereocenters. The molecule has 5 heteroatoms. The molecule has 0 fully saturated rings. The number of halogens is 1. The lowest BCUT2D eigenvalue weighted by atomic mass is 9.85. The molecule has 1 aliphatic rings. The predicted molar refractivity (Wildman–Crippen MR) is 77.7 cm³/mol. The van der Waals surface area contributed by atoms with Crippen LogP contribution in [-0.2, 0) is 29.7 Å². The molecule has 2 unspecified atom stereocenters. The van der Waals surface area contributed by atoms with Crippen molar-refractivity contribution in [1.29, 1.82) is 0 Å². The molecule has 0 spiro atoms. The smallest absolute Gasteiger partial charge is 0.157 e. The van der Waals surface area contributed by atoms with Gasteiger partial charge in [-0.05, 0) is 50.0 Å². The number of fused-ring (bicyclic) bond motifs is 1. The summed E-state index contributed by atoms with van der Waals surface area (Å²) in [5.74, 6) is 0.253. The Balaban J connectivity index is 0.00000162. The highest BCUT2D eigenvalue weighted by Crippen LogP contribution is 2.27. The van der Waals surface area contributed by atoms with E-state index in [-0.39, 0.29) is 18.2 Å². The Bertz CT molecular complexity index is 437. The van der Waals surface area contributed by atoms with Crippen molar-refractivity contribution in [3.05, 3.63) is 34.9 Å². The van der Waals surface area contributed by atoms with E-state index in [0.29, 0.717) is 6.04 Å². The summed E-state index contributed by atoms with van der Waals surface area (Å²) < 4.78 is 20.0. The number of rotatable bonds is 3. The van der Waals surface area contributed by atoms with Gasteiger partial charge >= 0.3 is 0 Å². The maximum absolute atomic E-state index is 11.0. The maximum atomic E-state index is 11.0. The molecule has 2 rings (SSSR count). The van der Waals surface area contributed by atoms with Crippen molar-refractivity contribution in [2.24, 2.45) is 0 Å². The average molecular weight is 290 g/mol. The number of aryl methyl sites for hydroxylation is 1. The minimum atomic E-state index is -1.75. The Morgan fingerprint density at radius 1 is 1.44 bits per heavy atom. The lowest BCUT2D eigenvalue weighted by Gasteiger charge is -2.31. The standard InChI is InChI=1S/C13H19NO2S.ClH/c1-14(2)12-7-6-10-4-3-5-11(9-17(15)16)13(10)8-12;/h3-5,12H,6-9H2,1-2H3,(H,15,16);1H. The zero-order valence-corrected chi connectivity index (χ0v) is 12.4. The van der Waals surface area contributed by atoms with Gasteiger partial charge in [0.2, 0.25) is 0 Å². The van der Waals surface area contributed by atoms with Crippen molar-refractivity contribution in [1.82, 2.24) is 4.90 Å². The third kappa shape index (κ3) is 3.54. The van der Waals surface area contributed by atoms with E-state index in [1.165, 1.54) is 17.5 Å². The molecule has 0 aliphatic heterocycles. The molecule has 1 aliphatic carbocycles. The molecule has 0 saturated heterocycles. The van der Waals surface area contributed by atoms with Gasteiger partial charge in [-0.2, -0.15) is 0 Å². The highest BCUT2D eigenvalue weighted by atomic mass is 35.5. The van der Waals surface area contributed by atoms with E-state index in [9.17, 15) is 4.21 Å². The molecule has 3 nitrogen and oxygen atoms in total. The summed E-state index contributed by atoms with van der Waals surface area (Å²) in [6.45, 7) is 0. The second-order valence-electron chi connectivity index (χ2n) is 4.88. The second kappa shape index (κ2) is 6.66. The van der Waals surface area contributed by atoms with Crippen molar-refractivity contribution in [3.63, 3.8) is 0 Å². The largest absolute Gasteiger partial charge is 0.306 e. The monoisotopic (exact) mass is 289 g/mol. The summed E-state index contributed by atoms with van der Waals surface area (Å²) in [6.07, 6.45) is 3.24. The summed E-state index contributed by atoms with van der Waals surface area (Å²) in [5, 5.41) is 0. The fourth-order valence-corrected chi connectivity index (χ4v) is 3.09. The SMILES string of the molecule is CN(C)C1CCc2cccc(CS(=O)O)c2C1.Cl. The van der Waals surface area contributed by atoms with Crippen LogP contribution in [0.2, 0.25) is 0 Å². The van der Waals surface area contributed by atoms with Gasteiger partial charge in [0.1, 0.15) is 0 Å². The molecule has 0 bridgehead atoms. The highest BCUT2D eigenvalue weighted by molar-refractivity contribution is 7.78. The van der Waals surface area contributed by atoms with Crippen LogP contribution in [0.1, 0.15) is 23.1 Å². The van der Waals surface area contributed by atoms with Crippen LogP contribution in [0.15, 0.2) is 18.2 Å². The van der Waals surface area contributed by atoms with E-state index in [1.807, 2.05) is 12.1 Å². The maximum Gasteiger partial charge on any atom is 0.157 e. The Labute approximate surface area is 117 Å². The van der Waals surface area contributed by atoms with Gasteiger partial charge in [-0.15, -0.1) is 12.4 Å². The van der Waals surface area contributed by atoms with Crippen molar-refractivity contribution >= 4 is 23.5 Å². The van der Waals surface area contributed by atoms with E-state index in [4.69, 9.17) is 4.55 Å². The Kier molecular flexibility index (Phi) is 5.79. The fraction of sp³-hybridized carbons (Fsp3) is 0.538. The van der Waals surface area contributed by atoms with E-state index in [2.05, 4.69) is 25.1 Å². The van der Waals surface area contributed by atoms with Crippen molar-refractivity contribution in [2.45, 2.75) is 31.1 Å². The molecule has 18 heavy (non-hydrogen) atoms. The van der Waals surface area contributed by atoms with Crippen LogP contribution in [0, 0.1) is 0 Å². The lowest BCUT2D eigenvalue weighted by molar-refractivity contribution is 0.267. The topological polar surface area (TPSA) is 40.5 Å². The van der Waals surface area contributed by atoms with E-state index in [1.54, 1.807) is 0 Å².